The number of rotatable bonds is 0. The molecule has 2 aromatic heterocycles. The van der Waals surface area contributed by atoms with Gasteiger partial charge in [0.2, 0.25) is 0 Å². The van der Waals surface area contributed by atoms with Crippen molar-refractivity contribution in [2.45, 2.75) is 33.1 Å². The summed E-state index contributed by atoms with van der Waals surface area (Å²) in [6, 6.07) is 0. The third kappa shape index (κ3) is 1.60. The predicted molar refractivity (Wildman–Crippen MR) is 58.7 cm³/mol. The Balaban J connectivity index is 2.57. The highest BCUT2D eigenvalue weighted by Crippen LogP contribution is 2.33. The third-order valence-corrected chi connectivity index (χ3v) is 4.09. The van der Waals surface area contributed by atoms with E-state index in [1.54, 1.807) is 22.7 Å². The molecule has 0 bridgehead atoms. The quantitative estimate of drug-likeness (QED) is 0.669. The number of hydrogen-bond acceptors (Lipinski definition) is 4. The SMILES string of the molecule is Cc1nc2sc(C(C)(C)C)nc2s1. The summed E-state index contributed by atoms with van der Waals surface area (Å²) in [5.74, 6) is 0. The number of nitrogens with zero attached hydrogens (tertiary/aromatic N) is 2. The molecule has 0 saturated carbocycles. The second kappa shape index (κ2) is 2.75. The van der Waals surface area contributed by atoms with Crippen LogP contribution in [0.5, 0.6) is 0 Å². The van der Waals surface area contributed by atoms with Crippen molar-refractivity contribution >= 4 is 32.3 Å². The number of fused-ring (bicyclic) bond motifs is 1. The smallest absolute Gasteiger partial charge is 0.155 e. The number of hydrogen-bond donors (Lipinski definition) is 0. The van der Waals surface area contributed by atoms with E-state index in [-0.39, 0.29) is 5.41 Å². The summed E-state index contributed by atoms with van der Waals surface area (Å²) < 4.78 is 0. The molecular weight excluding hydrogens is 200 g/mol. The summed E-state index contributed by atoms with van der Waals surface area (Å²) in [6.07, 6.45) is 0. The van der Waals surface area contributed by atoms with Crippen LogP contribution in [0.25, 0.3) is 9.66 Å². The average molecular weight is 212 g/mol. The summed E-state index contributed by atoms with van der Waals surface area (Å²) in [6.45, 7) is 8.57. The lowest BCUT2D eigenvalue weighted by Gasteiger charge is -2.13. The van der Waals surface area contributed by atoms with Gasteiger partial charge in [-0.2, -0.15) is 0 Å². The predicted octanol–water partition coefficient (Wildman–Crippen LogP) is 3.36. The van der Waals surface area contributed by atoms with Crippen LogP contribution in [0.1, 0.15) is 30.8 Å². The van der Waals surface area contributed by atoms with E-state index >= 15 is 0 Å². The van der Waals surface area contributed by atoms with E-state index in [9.17, 15) is 0 Å². The zero-order chi connectivity index (χ0) is 9.64. The molecule has 2 rings (SSSR count). The molecule has 0 aromatic carbocycles. The van der Waals surface area contributed by atoms with Crippen LogP contribution in [0.3, 0.4) is 0 Å². The summed E-state index contributed by atoms with van der Waals surface area (Å²) in [4.78, 5) is 11.2. The molecule has 70 valence electrons. The zero-order valence-electron chi connectivity index (χ0n) is 8.21. The van der Waals surface area contributed by atoms with E-state index in [0.717, 1.165) is 14.7 Å². The fourth-order valence-corrected chi connectivity index (χ4v) is 3.06. The van der Waals surface area contributed by atoms with Gasteiger partial charge < -0.3 is 0 Å². The molecule has 0 saturated heterocycles. The van der Waals surface area contributed by atoms with Gasteiger partial charge in [0.25, 0.3) is 0 Å². The van der Waals surface area contributed by atoms with E-state index in [4.69, 9.17) is 0 Å². The molecule has 0 atom stereocenters. The zero-order valence-corrected chi connectivity index (χ0v) is 9.84. The fraction of sp³-hybridized carbons (Fsp3) is 0.556. The fourth-order valence-electron chi connectivity index (χ4n) is 1.06. The molecule has 2 nitrogen and oxygen atoms in total. The Morgan fingerprint density at radius 3 is 2.15 bits per heavy atom. The Bertz CT molecular complexity index is 402. The molecule has 2 aromatic rings. The van der Waals surface area contributed by atoms with Crippen molar-refractivity contribution in [1.29, 1.82) is 0 Å². The lowest BCUT2D eigenvalue weighted by Crippen LogP contribution is -2.09. The van der Waals surface area contributed by atoms with Crippen LogP contribution in [-0.4, -0.2) is 9.97 Å². The van der Waals surface area contributed by atoms with Gasteiger partial charge in [-0.05, 0) is 6.92 Å². The Morgan fingerprint density at radius 1 is 1.00 bits per heavy atom. The lowest BCUT2D eigenvalue weighted by molar-refractivity contribution is 0.587. The minimum Gasteiger partial charge on any atom is -0.229 e. The molecule has 0 aliphatic heterocycles. The van der Waals surface area contributed by atoms with Gasteiger partial charge in [-0.1, -0.05) is 43.4 Å². The lowest BCUT2D eigenvalue weighted by atomic mass is 9.98. The molecule has 0 fully saturated rings. The van der Waals surface area contributed by atoms with Gasteiger partial charge >= 0.3 is 0 Å². The highest BCUT2D eigenvalue weighted by molar-refractivity contribution is 7.26. The van der Waals surface area contributed by atoms with E-state index in [1.165, 1.54) is 5.01 Å². The maximum absolute atomic E-state index is 4.58. The van der Waals surface area contributed by atoms with E-state index < -0.39 is 0 Å². The van der Waals surface area contributed by atoms with Gasteiger partial charge in [0.1, 0.15) is 5.01 Å². The monoisotopic (exact) mass is 212 g/mol. The summed E-state index contributed by atoms with van der Waals surface area (Å²) in [5, 5.41) is 2.29. The van der Waals surface area contributed by atoms with E-state index in [2.05, 4.69) is 30.7 Å². The molecule has 0 aliphatic rings. The van der Waals surface area contributed by atoms with Gasteiger partial charge in [0.05, 0.1) is 5.01 Å². The van der Waals surface area contributed by atoms with Crippen LogP contribution >= 0.6 is 22.7 Å². The average Bonchev–Trinajstić information content (AvgIpc) is 2.40. The normalized spacial score (nSPS) is 12.6. The Hall–Kier alpha value is -0.480. The topological polar surface area (TPSA) is 25.8 Å². The largest absolute Gasteiger partial charge is 0.229 e. The van der Waals surface area contributed by atoms with Crippen LogP contribution in [0.15, 0.2) is 0 Å². The van der Waals surface area contributed by atoms with Gasteiger partial charge in [-0.25, -0.2) is 9.97 Å². The molecule has 0 N–H and O–H groups in total. The molecular formula is C9H12N2S2. The maximum Gasteiger partial charge on any atom is 0.155 e. The minimum absolute atomic E-state index is 0.152. The first-order valence-electron chi connectivity index (χ1n) is 4.21. The van der Waals surface area contributed by atoms with E-state index in [1.807, 2.05) is 6.92 Å². The number of aromatic nitrogens is 2. The molecule has 0 spiro atoms. The Labute approximate surface area is 85.7 Å². The summed E-state index contributed by atoms with van der Waals surface area (Å²) in [5.41, 5.74) is 0.152. The van der Waals surface area contributed by atoms with Crippen molar-refractivity contribution < 1.29 is 0 Å². The van der Waals surface area contributed by atoms with Gasteiger partial charge in [0, 0.05) is 5.41 Å². The molecule has 0 radical (unpaired) electrons. The van der Waals surface area contributed by atoms with Gasteiger partial charge in [0.15, 0.2) is 9.66 Å². The molecule has 0 amide bonds. The van der Waals surface area contributed by atoms with Crippen molar-refractivity contribution in [1.82, 2.24) is 9.97 Å². The summed E-state index contributed by atoms with van der Waals surface area (Å²) >= 11 is 3.39. The van der Waals surface area contributed by atoms with Crippen LogP contribution in [0, 0.1) is 6.92 Å². The second-order valence-electron chi connectivity index (χ2n) is 4.11. The van der Waals surface area contributed by atoms with Gasteiger partial charge in [-0.15, -0.1) is 0 Å². The molecule has 0 aliphatic carbocycles. The first-order valence-corrected chi connectivity index (χ1v) is 5.84. The highest BCUT2D eigenvalue weighted by Gasteiger charge is 2.20. The van der Waals surface area contributed by atoms with Crippen LogP contribution in [0.4, 0.5) is 0 Å². The van der Waals surface area contributed by atoms with Crippen LogP contribution < -0.4 is 0 Å². The minimum atomic E-state index is 0.152. The van der Waals surface area contributed by atoms with Crippen molar-refractivity contribution in [3.63, 3.8) is 0 Å². The maximum atomic E-state index is 4.58. The Morgan fingerprint density at radius 2 is 1.62 bits per heavy atom. The molecule has 2 heterocycles. The van der Waals surface area contributed by atoms with Crippen molar-refractivity contribution in [2.75, 3.05) is 0 Å². The molecule has 0 unspecified atom stereocenters. The summed E-state index contributed by atoms with van der Waals surface area (Å²) in [7, 11) is 0. The number of thiazole rings is 2. The van der Waals surface area contributed by atoms with Crippen LogP contribution in [0.2, 0.25) is 0 Å². The third-order valence-electron chi connectivity index (χ3n) is 1.72. The first-order chi connectivity index (χ1) is 5.97. The van der Waals surface area contributed by atoms with Crippen LogP contribution in [-0.2, 0) is 5.41 Å². The Kier molecular flexibility index (Phi) is 1.92. The molecule has 13 heavy (non-hydrogen) atoms. The standard InChI is InChI=1S/C9H12N2S2/c1-5-10-6-7(12-5)11-8(13-6)9(2,3)4/h1-4H3. The number of aryl methyl sites for hydroxylation is 1. The first kappa shape index (κ1) is 9.09. The van der Waals surface area contributed by atoms with Crippen molar-refractivity contribution in [3.8, 4) is 0 Å². The second-order valence-corrected chi connectivity index (χ2v) is 6.27. The van der Waals surface area contributed by atoms with Crippen molar-refractivity contribution in [2.24, 2.45) is 0 Å². The highest BCUT2D eigenvalue weighted by atomic mass is 32.1. The van der Waals surface area contributed by atoms with E-state index in [0.29, 0.717) is 0 Å². The van der Waals surface area contributed by atoms with Gasteiger partial charge in [-0.3, -0.25) is 0 Å². The molecule has 4 heteroatoms. The van der Waals surface area contributed by atoms with Crippen molar-refractivity contribution in [3.05, 3.63) is 10.0 Å².